The lowest BCUT2D eigenvalue weighted by Gasteiger charge is -2.28. The van der Waals surface area contributed by atoms with E-state index < -0.39 is 6.04 Å². The number of nitrogens with zero attached hydrogens (tertiary/aromatic N) is 1. The van der Waals surface area contributed by atoms with Crippen LogP contribution < -0.4 is 10.1 Å². The van der Waals surface area contributed by atoms with E-state index in [0.29, 0.717) is 12.3 Å². The number of hydrogen-bond donors (Lipinski definition) is 1. The second-order valence-corrected chi connectivity index (χ2v) is 6.71. The maximum Gasteiger partial charge on any atom is 0.261 e. The van der Waals surface area contributed by atoms with Crippen LogP contribution in [-0.4, -0.2) is 35.9 Å². The lowest BCUT2D eigenvalue weighted by Crippen LogP contribution is -2.49. The van der Waals surface area contributed by atoms with E-state index >= 15 is 0 Å². The van der Waals surface area contributed by atoms with Crippen molar-refractivity contribution in [3.8, 4) is 5.75 Å². The lowest BCUT2D eigenvalue weighted by molar-refractivity contribution is -0.142. The summed E-state index contributed by atoms with van der Waals surface area (Å²) in [4.78, 5) is 26.6. The molecule has 28 heavy (non-hydrogen) atoms. The van der Waals surface area contributed by atoms with Crippen molar-refractivity contribution in [2.45, 2.75) is 40.3 Å². The Morgan fingerprint density at radius 1 is 1.14 bits per heavy atom. The maximum absolute atomic E-state index is 13.2. The van der Waals surface area contributed by atoms with Crippen molar-refractivity contribution in [2.24, 2.45) is 0 Å². The van der Waals surface area contributed by atoms with Crippen LogP contribution >= 0.6 is 0 Å². The standard InChI is InChI=1S/C22H27FN2O3/c1-5-24-22(27)17(4)25(13-18-9-11-19(23)12-10-18)21(26)14-28-20-8-6-7-15(2)16(20)3/h6-12,17H,5,13-14H2,1-4H3,(H,24,27)/t17-/m0/s1. The van der Waals surface area contributed by atoms with Gasteiger partial charge in [-0.05, 0) is 62.6 Å². The predicted molar refractivity (Wildman–Crippen MR) is 107 cm³/mol. The minimum atomic E-state index is -0.681. The van der Waals surface area contributed by atoms with Crippen LogP contribution in [0.4, 0.5) is 4.39 Å². The van der Waals surface area contributed by atoms with Gasteiger partial charge in [-0.3, -0.25) is 9.59 Å². The Kier molecular flexibility index (Phi) is 7.55. The van der Waals surface area contributed by atoms with E-state index in [9.17, 15) is 14.0 Å². The van der Waals surface area contributed by atoms with Crippen molar-refractivity contribution in [1.29, 1.82) is 0 Å². The normalized spacial score (nSPS) is 11.6. The molecule has 150 valence electrons. The van der Waals surface area contributed by atoms with Crippen LogP contribution in [0.2, 0.25) is 0 Å². The molecule has 0 saturated heterocycles. The van der Waals surface area contributed by atoms with Gasteiger partial charge in [-0.1, -0.05) is 24.3 Å². The minimum Gasteiger partial charge on any atom is -0.483 e. The Balaban J connectivity index is 2.16. The molecule has 0 heterocycles. The van der Waals surface area contributed by atoms with Gasteiger partial charge in [-0.2, -0.15) is 0 Å². The summed E-state index contributed by atoms with van der Waals surface area (Å²) in [6, 6.07) is 10.9. The minimum absolute atomic E-state index is 0.185. The molecule has 0 radical (unpaired) electrons. The van der Waals surface area contributed by atoms with E-state index in [0.717, 1.165) is 16.7 Å². The van der Waals surface area contributed by atoms with Crippen LogP contribution in [-0.2, 0) is 16.1 Å². The highest BCUT2D eigenvalue weighted by molar-refractivity contribution is 5.87. The van der Waals surface area contributed by atoms with Gasteiger partial charge in [0, 0.05) is 13.1 Å². The third-order valence-corrected chi connectivity index (χ3v) is 4.69. The fourth-order valence-electron chi connectivity index (χ4n) is 2.79. The molecule has 0 spiro atoms. The van der Waals surface area contributed by atoms with Crippen LogP contribution in [0, 0.1) is 19.7 Å². The van der Waals surface area contributed by atoms with Gasteiger partial charge in [0.1, 0.15) is 17.6 Å². The zero-order valence-electron chi connectivity index (χ0n) is 16.8. The number of amides is 2. The molecular formula is C22H27FN2O3. The fraction of sp³-hybridized carbons (Fsp3) is 0.364. The first-order chi connectivity index (χ1) is 13.3. The van der Waals surface area contributed by atoms with Gasteiger partial charge in [-0.15, -0.1) is 0 Å². The topological polar surface area (TPSA) is 58.6 Å². The summed E-state index contributed by atoms with van der Waals surface area (Å²) in [5.74, 6) is -0.272. The number of rotatable bonds is 8. The number of ether oxygens (including phenoxy) is 1. The SMILES string of the molecule is CCNC(=O)[C@H](C)N(Cc1ccc(F)cc1)C(=O)COc1cccc(C)c1C. The average Bonchev–Trinajstić information content (AvgIpc) is 2.68. The van der Waals surface area contributed by atoms with Gasteiger partial charge < -0.3 is 15.0 Å². The van der Waals surface area contributed by atoms with E-state index in [4.69, 9.17) is 4.74 Å². The predicted octanol–water partition coefficient (Wildman–Crippen LogP) is 3.37. The van der Waals surface area contributed by atoms with Gasteiger partial charge in [0.05, 0.1) is 0 Å². The molecule has 5 nitrogen and oxygen atoms in total. The second kappa shape index (κ2) is 9.88. The summed E-state index contributed by atoms with van der Waals surface area (Å²) in [7, 11) is 0. The van der Waals surface area contributed by atoms with Gasteiger partial charge in [0.15, 0.2) is 6.61 Å². The molecule has 0 saturated carbocycles. The van der Waals surface area contributed by atoms with Crippen LogP contribution in [0.15, 0.2) is 42.5 Å². The van der Waals surface area contributed by atoms with Crippen molar-refractivity contribution < 1.29 is 18.7 Å². The van der Waals surface area contributed by atoms with E-state index in [1.807, 2.05) is 39.0 Å². The summed E-state index contributed by atoms with van der Waals surface area (Å²) in [6.07, 6.45) is 0. The van der Waals surface area contributed by atoms with Crippen LogP contribution in [0.25, 0.3) is 0 Å². The second-order valence-electron chi connectivity index (χ2n) is 6.71. The number of benzene rings is 2. The molecule has 0 unspecified atom stereocenters. The number of nitrogens with one attached hydrogen (secondary N) is 1. The fourth-order valence-corrected chi connectivity index (χ4v) is 2.79. The number of likely N-dealkylation sites (N-methyl/N-ethyl adjacent to an activating group) is 1. The Labute approximate surface area is 165 Å². The third-order valence-electron chi connectivity index (χ3n) is 4.69. The van der Waals surface area contributed by atoms with Gasteiger partial charge in [0.25, 0.3) is 5.91 Å². The van der Waals surface area contributed by atoms with Crippen LogP contribution in [0.3, 0.4) is 0 Å². The van der Waals surface area contributed by atoms with Gasteiger partial charge in [0.2, 0.25) is 5.91 Å². The number of halogens is 1. The van der Waals surface area contributed by atoms with Crippen molar-refractivity contribution >= 4 is 11.8 Å². The summed E-state index contributed by atoms with van der Waals surface area (Å²) in [5, 5.41) is 2.73. The zero-order valence-corrected chi connectivity index (χ0v) is 16.8. The largest absolute Gasteiger partial charge is 0.483 e. The van der Waals surface area contributed by atoms with Crippen molar-refractivity contribution in [1.82, 2.24) is 10.2 Å². The lowest BCUT2D eigenvalue weighted by atomic mass is 10.1. The average molecular weight is 386 g/mol. The highest BCUT2D eigenvalue weighted by Crippen LogP contribution is 2.21. The quantitative estimate of drug-likeness (QED) is 0.757. The molecule has 2 aromatic carbocycles. The molecule has 0 aliphatic rings. The van der Waals surface area contributed by atoms with Gasteiger partial charge in [-0.25, -0.2) is 4.39 Å². The van der Waals surface area contributed by atoms with E-state index in [-0.39, 0.29) is 30.8 Å². The van der Waals surface area contributed by atoms with E-state index in [1.165, 1.54) is 17.0 Å². The molecule has 0 aromatic heterocycles. The van der Waals surface area contributed by atoms with Gasteiger partial charge >= 0.3 is 0 Å². The van der Waals surface area contributed by atoms with Crippen molar-refractivity contribution in [3.63, 3.8) is 0 Å². The maximum atomic E-state index is 13.2. The molecule has 2 rings (SSSR count). The number of carbonyl (C=O) groups excluding carboxylic acids is 2. The Morgan fingerprint density at radius 2 is 1.82 bits per heavy atom. The Hall–Kier alpha value is -2.89. The van der Waals surface area contributed by atoms with Crippen LogP contribution in [0.5, 0.6) is 5.75 Å². The molecule has 0 aliphatic heterocycles. The summed E-state index contributed by atoms with van der Waals surface area (Å²) >= 11 is 0. The van der Waals surface area contributed by atoms with Crippen molar-refractivity contribution in [2.75, 3.05) is 13.2 Å². The molecule has 2 aromatic rings. The molecule has 1 atom stereocenters. The van der Waals surface area contributed by atoms with E-state index in [2.05, 4.69) is 5.32 Å². The van der Waals surface area contributed by atoms with Crippen molar-refractivity contribution in [3.05, 3.63) is 65.0 Å². The number of aryl methyl sites for hydroxylation is 1. The molecule has 0 fully saturated rings. The highest BCUT2D eigenvalue weighted by Gasteiger charge is 2.26. The smallest absolute Gasteiger partial charge is 0.261 e. The monoisotopic (exact) mass is 386 g/mol. The number of hydrogen-bond acceptors (Lipinski definition) is 3. The summed E-state index contributed by atoms with van der Waals surface area (Å²) in [5.41, 5.74) is 2.78. The molecule has 6 heteroatoms. The Bertz CT molecular complexity index is 821. The molecule has 1 N–H and O–H groups in total. The first kappa shape index (κ1) is 21.4. The summed E-state index contributed by atoms with van der Waals surface area (Å²) in [6.45, 7) is 7.87. The Morgan fingerprint density at radius 3 is 2.46 bits per heavy atom. The first-order valence-corrected chi connectivity index (χ1v) is 9.34. The summed E-state index contributed by atoms with van der Waals surface area (Å²) < 4.78 is 18.9. The molecular weight excluding hydrogens is 359 g/mol. The molecule has 0 aliphatic carbocycles. The number of carbonyl (C=O) groups is 2. The first-order valence-electron chi connectivity index (χ1n) is 9.34. The third kappa shape index (κ3) is 5.55. The highest BCUT2D eigenvalue weighted by atomic mass is 19.1. The van der Waals surface area contributed by atoms with E-state index in [1.54, 1.807) is 19.1 Å². The zero-order chi connectivity index (χ0) is 20.7. The molecule has 0 bridgehead atoms. The molecule has 2 amide bonds. The van der Waals surface area contributed by atoms with Crippen LogP contribution in [0.1, 0.15) is 30.5 Å².